The Labute approximate surface area is 228 Å². The number of hydrogen-bond donors (Lipinski definition) is 2. The number of ether oxygens (including phenoxy) is 1. The van der Waals surface area contributed by atoms with E-state index in [1.165, 1.54) is 5.56 Å². The number of aliphatic carboxylic acids is 1. The highest BCUT2D eigenvalue weighted by Gasteiger charge is 2.38. The van der Waals surface area contributed by atoms with Gasteiger partial charge in [-0.2, -0.15) is 5.10 Å². The van der Waals surface area contributed by atoms with Gasteiger partial charge in [-0.15, -0.1) is 0 Å². The molecule has 3 aromatic rings. The van der Waals surface area contributed by atoms with E-state index in [1.54, 1.807) is 6.20 Å². The van der Waals surface area contributed by atoms with Crippen LogP contribution in [0.4, 0.5) is 10.2 Å². The first-order valence-corrected chi connectivity index (χ1v) is 14.5. The number of carbonyl (C=O) groups is 1. The molecule has 1 aromatic carbocycles. The molecule has 2 fully saturated rings. The van der Waals surface area contributed by atoms with Crippen molar-refractivity contribution in [1.82, 2.24) is 19.7 Å². The van der Waals surface area contributed by atoms with Crippen LogP contribution in [0, 0.1) is 5.92 Å². The molecule has 0 amide bonds. The van der Waals surface area contributed by atoms with Crippen LogP contribution in [0.2, 0.25) is 0 Å². The van der Waals surface area contributed by atoms with Crippen LogP contribution in [0.15, 0.2) is 36.5 Å². The van der Waals surface area contributed by atoms with E-state index in [9.17, 15) is 9.90 Å². The molecule has 5 heterocycles. The molecule has 6 rings (SSSR count). The molecule has 2 unspecified atom stereocenters. The molecule has 2 N–H and O–H groups in total. The van der Waals surface area contributed by atoms with Crippen LogP contribution in [0.5, 0.6) is 0 Å². The average Bonchev–Trinajstić information content (AvgIpc) is 3.72. The molecular weight excluding hydrogens is 497 g/mol. The van der Waals surface area contributed by atoms with E-state index in [4.69, 9.17) is 9.72 Å². The van der Waals surface area contributed by atoms with E-state index < -0.39 is 18.2 Å². The van der Waals surface area contributed by atoms with Crippen LogP contribution in [0.25, 0.3) is 10.9 Å². The van der Waals surface area contributed by atoms with Crippen LogP contribution >= 0.6 is 0 Å². The van der Waals surface area contributed by atoms with E-state index >= 15 is 4.39 Å². The number of aromatic nitrogens is 3. The van der Waals surface area contributed by atoms with Gasteiger partial charge in [0.15, 0.2) is 0 Å². The lowest BCUT2D eigenvalue weighted by Crippen LogP contribution is -2.34. The summed E-state index contributed by atoms with van der Waals surface area (Å²) < 4.78 is 22.9. The van der Waals surface area contributed by atoms with Crippen molar-refractivity contribution < 1.29 is 19.0 Å². The van der Waals surface area contributed by atoms with Gasteiger partial charge in [0.2, 0.25) is 0 Å². The normalized spacial score (nSPS) is 23.0. The van der Waals surface area contributed by atoms with Crippen molar-refractivity contribution in [1.29, 1.82) is 0 Å². The Morgan fingerprint density at radius 2 is 2.15 bits per heavy atom. The molecular formula is C30H38FN5O3. The Hall–Kier alpha value is -3.04. The number of halogens is 1. The van der Waals surface area contributed by atoms with Crippen molar-refractivity contribution in [3.63, 3.8) is 0 Å². The maximum absolute atomic E-state index is 15.3. The lowest BCUT2D eigenvalue weighted by atomic mass is 9.97. The summed E-state index contributed by atoms with van der Waals surface area (Å²) in [7, 11) is 0. The highest BCUT2D eigenvalue weighted by Crippen LogP contribution is 2.36. The highest BCUT2D eigenvalue weighted by molar-refractivity contribution is 5.88. The van der Waals surface area contributed by atoms with E-state index in [0.717, 1.165) is 73.0 Å². The summed E-state index contributed by atoms with van der Waals surface area (Å²) in [6, 6.07) is 9.30. The number of nitrogens with zero attached hydrogens (tertiary/aromatic N) is 4. The summed E-state index contributed by atoms with van der Waals surface area (Å²) in [5, 5.41) is 19.2. The highest BCUT2D eigenvalue weighted by atomic mass is 19.1. The smallest absolute Gasteiger partial charge is 0.325 e. The number of carboxylic acids is 1. The number of fused-ring (bicyclic) bond motifs is 2. The molecule has 4 atom stereocenters. The van der Waals surface area contributed by atoms with Gasteiger partial charge in [0.1, 0.15) is 18.0 Å². The topological polar surface area (TPSA) is 92.5 Å². The summed E-state index contributed by atoms with van der Waals surface area (Å²) in [4.78, 5) is 19.3. The van der Waals surface area contributed by atoms with Gasteiger partial charge >= 0.3 is 5.97 Å². The van der Waals surface area contributed by atoms with Gasteiger partial charge in [0.25, 0.3) is 0 Å². The second-order valence-corrected chi connectivity index (χ2v) is 11.3. The maximum Gasteiger partial charge on any atom is 0.325 e. The van der Waals surface area contributed by atoms with Gasteiger partial charge in [-0.05, 0) is 63.1 Å². The fraction of sp³-hybridized carbons (Fsp3) is 0.567. The zero-order valence-corrected chi connectivity index (χ0v) is 22.4. The number of anilines is 1. The molecule has 3 aliphatic rings. The SMILES string of the molecule is O=C(O)C(c1cccc2cnn([C@@H]3CCOC3)c12)N1CC[C@@H](C(F)CCCCc2ccc3c(n2)NCCC3)C1. The van der Waals surface area contributed by atoms with E-state index in [1.807, 2.05) is 27.8 Å². The van der Waals surface area contributed by atoms with E-state index in [-0.39, 0.29) is 12.0 Å². The molecule has 8 nitrogen and oxygen atoms in total. The number of pyridine rings is 1. The third-order valence-electron chi connectivity index (χ3n) is 8.68. The van der Waals surface area contributed by atoms with Crippen LogP contribution in [-0.2, 0) is 22.4 Å². The molecule has 0 aliphatic carbocycles. The minimum atomic E-state index is -0.931. The quantitative estimate of drug-likeness (QED) is 0.355. The minimum Gasteiger partial charge on any atom is -0.480 e. The summed E-state index contributed by atoms with van der Waals surface area (Å²) >= 11 is 0. The summed E-state index contributed by atoms with van der Waals surface area (Å²) in [6.45, 7) is 3.27. The number of para-hydroxylation sites is 1. The molecule has 0 bridgehead atoms. The fourth-order valence-electron chi connectivity index (χ4n) is 6.56. The number of aryl methyl sites for hydroxylation is 2. The Morgan fingerprint density at radius 3 is 3.00 bits per heavy atom. The van der Waals surface area contributed by atoms with Gasteiger partial charge in [-0.3, -0.25) is 14.4 Å². The molecule has 0 radical (unpaired) electrons. The number of likely N-dealkylation sites (tertiary alicyclic amines) is 1. The first-order valence-electron chi connectivity index (χ1n) is 14.5. The van der Waals surface area contributed by atoms with Crippen LogP contribution in [0.3, 0.4) is 0 Å². The molecule has 39 heavy (non-hydrogen) atoms. The lowest BCUT2D eigenvalue weighted by molar-refractivity contribution is -0.143. The zero-order chi connectivity index (χ0) is 26.8. The molecule has 2 aromatic heterocycles. The standard InChI is InChI=1S/C30H38FN5O3/c31-26(9-2-1-7-23-11-10-20-6-4-14-32-29(20)34-23)22-12-15-35(18-22)28(30(37)38)25-8-3-5-21-17-33-36(27(21)25)24-13-16-39-19-24/h3,5,8,10-11,17,22,24,26,28H,1-2,4,6-7,9,12-16,18-19H2,(H,32,34)(H,37,38)/t22-,24-,26?,28?/m1/s1. The van der Waals surface area contributed by atoms with E-state index in [0.29, 0.717) is 39.1 Å². The van der Waals surface area contributed by atoms with Gasteiger partial charge < -0.3 is 15.2 Å². The van der Waals surface area contributed by atoms with Gasteiger partial charge in [0.05, 0.1) is 24.4 Å². The molecule has 9 heteroatoms. The second-order valence-electron chi connectivity index (χ2n) is 11.3. The molecule has 208 valence electrons. The summed E-state index contributed by atoms with van der Waals surface area (Å²) in [5.41, 5.74) is 3.93. The van der Waals surface area contributed by atoms with Crippen molar-refractivity contribution in [2.75, 3.05) is 38.2 Å². The summed E-state index contributed by atoms with van der Waals surface area (Å²) in [5.74, 6) is -0.0391. The van der Waals surface area contributed by atoms with Crippen molar-refractivity contribution >= 4 is 22.7 Å². The third kappa shape index (κ3) is 5.52. The Balaban J connectivity index is 1.07. The number of nitrogens with one attached hydrogen (secondary N) is 1. The number of unbranched alkanes of at least 4 members (excludes halogenated alkanes) is 1. The Bertz CT molecular complexity index is 1310. The van der Waals surface area contributed by atoms with Gasteiger partial charge in [-0.1, -0.05) is 30.7 Å². The Morgan fingerprint density at radius 1 is 1.23 bits per heavy atom. The van der Waals surface area contributed by atoms with Crippen molar-refractivity contribution in [2.24, 2.45) is 5.92 Å². The van der Waals surface area contributed by atoms with Crippen molar-refractivity contribution in [3.05, 3.63) is 53.3 Å². The number of rotatable bonds is 10. The number of hydrogen-bond acceptors (Lipinski definition) is 6. The fourth-order valence-corrected chi connectivity index (χ4v) is 6.56. The van der Waals surface area contributed by atoms with Crippen LogP contribution in [0.1, 0.15) is 67.4 Å². The Kier molecular flexibility index (Phi) is 7.79. The number of alkyl halides is 1. The maximum atomic E-state index is 15.3. The predicted octanol–water partition coefficient (Wildman–Crippen LogP) is 4.95. The monoisotopic (exact) mass is 535 g/mol. The van der Waals surface area contributed by atoms with Gasteiger partial charge in [-0.25, -0.2) is 9.37 Å². The van der Waals surface area contributed by atoms with Crippen LogP contribution < -0.4 is 5.32 Å². The minimum absolute atomic E-state index is 0.104. The number of benzene rings is 1. The van der Waals surface area contributed by atoms with Gasteiger partial charge in [0, 0.05) is 42.3 Å². The number of carboxylic acid groups (broad SMARTS) is 1. The molecule has 3 aliphatic heterocycles. The lowest BCUT2D eigenvalue weighted by Gasteiger charge is -2.26. The second kappa shape index (κ2) is 11.6. The average molecular weight is 536 g/mol. The molecule has 0 saturated carbocycles. The van der Waals surface area contributed by atoms with Crippen molar-refractivity contribution in [3.8, 4) is 0 Å². The zero-order valence-electron chi connectivity index (χ0n) is 22.4. The first kappa shape index (κ1) is 26.2. The van der Waals surface area contributed by atoms with Crippen LogP contribution in [-0.4, -0.2) is 69.8 Å². The predicted molar refractivity (Wildman–Crippen MR) is 148 cm³/mol. The molecule has 2 saturated heterocycles. The molecule has 0 spiro atoms. The first-order chi connectivity index (χ1) is 19.1. The largest absolute Gasteiger partial charge is 0.480 e. The summed E-state index contributed by atoms with van der Waals surface area (Å²) in [6.07, 6.45) is 7.68. The van der Waals surface area contributed by atoms with E-state index in [2.05, 4.69) is 22.5 Å². The van der Waals surface area contributed by atoms with Crippen molar-refractivity contribution in [2.45, 2.75) is 69.6 Å². The third-order valence-corrected chi connectivity index (χ3v) is 8.68.